The average molecular weight is 553 g/mol. The molecule has 1 aliphatic heterocycles. The number of ether oxygens (including phenoxy) is 2. The van der Waals surface area contributed by atoms with E-state index in [1.807, 2.05) is 0 Å². The zero-order chi connectivity index (χ0) is 28.5. The molecule has 3 rings (SSSR count). The van der Waals surface area contributed by atoms with Crippen LogP contribution in [0.15, 0.2) is 12.7 Å². The number of hydrogen-bond donors (Lipinski definition) is 4. The number of aliphatic hydroxyl groups excluding tert-OH is 2. The molecule has 0 bridgehead atoms. The molecule has 2 amide bonds. The lowest BCUT2D eigenvalue weighted by molar-refractivity contribution is -0.119. The van der Waals surface area contributed by atoms with Crippen molar-refractivity contribution in [2.45, 2.75) is 96.2 Å². The van der Waals surface area contributed by atoms with E-state index in [4.69, 9.17) is 13.9 Å². The molecule has 1 fully saturated rings. The van der Waals surface area contributed by atoms with Crippen molar-refractivity contribution in [2.75, 3.05) is 18.5 Å². The molecular formula is C24H40N6O7Si. The monoisotopic (exact) mass is 552 g/mol. The van der Waals surface area contributed by atoms with Gasteiger partial charge in [-0.1, -0.05) is 20.8 Å². The van der Waals surface area contributed by atoms with E-state index >= 15 is 0 Å². The third kappa shape index (κ3) is 7.05. The number of aromatic nitrogens is 4. The fourth-order valence-electron chi connectivity index (χ4n) is 3.58. The van der Waals surface area contributed by atoms with Crippen LogP contribution in [0, 0.1) is 0 Å². The minimum Gasteiger partial charge on any atom is -0.444 e. The van der Waals surface area contributed by atoms with Gasteiger partial charge in [0, 0.05) is 6.42 Å². The number of carbonyl (C=O) groups is 2. The average Bonchev–Trinajstić information content (AvgIpc) is 3.37. The molecule has 212 valence electrons. The molecule has 1 aliphatic rings. The summed E-state index contributed by atoms with van der Waals surface area (Å²) in [5, 5.41) is 25.3. The van der Waals surface area contributed by atoms with Gasteiger partial charge in [0.1, 0.15) is 24.1 Å². The summed E-state index contributed by atoms with van der Waals surface area (Å²) >= 11 is 0. The van der Waals surface area contributed by atoms with Gasteiger partial charge in [-0.3, -0.25) is 9.36 Å². The van der Waals surface area contributed by atoms with Crippen LogP contribution in [0.3, 0.4) is 0 Å². The molecule has 0 aromatic carbocycles. The van der Waals surface area contributed by atoms with E-state index in [-0.39, 0.29) is 22.5 Å². The Morgan fingerprint density at radius 1 is 1.21 bits per heavy atom. The molecule has 0 radical (unpaired) electrons. The van der Waals surface area contributed by atoms with Crippen molar-refractivity contribution in [3.8, 4) is 0 Å². The fraction of sp³-hybridized carbons (Fsp3) is 0.708. The quantitative estimate of drug-likeness (QED) is 0.356. The van der Waals surface area contributed by atoms with Gasteiger partial charge in [0.25, 0.3) is 5.91 Å². The minimum absolute atomic E-state index is 0.0549. The Kier molecular flexibility index (Phi) is 8.83. The first-order valence-corrected chi connectivity index (χ1v) is 15.5. The number of imidazole rings is 1. The molecule has 14 heteroatoms. The van der Waals surface area contributed by atoms with E-state index in [9.17, 15) is 19.8 Å². The zero-order valence-electron chi connectivity index (χ0n) is 23.3. The Bertz CT molecular complexity index is 1140. The number of nitrogens with zero attached hydrogens (tertiary/aromatic N) is 4. The smallest absolute Gasteiger partial charge is 0.408 e. The van der Waals surface area contributed by atoms with Crippen molar-refractivity contribution in [2.24, 2.45) is 0 Å². The Balaban J connectivity index is 1.71. The number of hydrogen-bond acceptors (Lipinski definition) is 10. The van der Waals surface area contributed by atoms with Crippen LogP contribution in [0.4, 0.5) is 10.6 Å². The second-order valence-electron chi connectivity index (χ2n) is 11.9. The Labute approximate surface area is 223 Å². The van der Waals surface area contributed by atoms with Crippen molar-refractivity contribution in [3.05, 3.63) is 12.7 Å². The Morgan fingerprint density at radius 2 is 1.89 bits per heavy atom. The lowest BCUT2D eigenvalue weighted by Gasteiger charge is -2.36. The minimum atomic E-state index is -1.98. The van der Waals surface area contributed by atoms with Gasteiger partial charge in [0.15, 0.2) is 31.5 Å². The predicted molar refractivity (Wildman–Crippen MR) is 142 cm³/mol. The van der Waals surface area contributed by atoms with E-state index in [0.717, 1.165) is 0 Å². The van der Waals surface area contributed by atoms with Gasteiger partial charge in [-0.15, -0.1) is 0 Å². The van der Waals surface area contributed by atoms with Gasteiger partial charge in [0.2, 0.25) is 0 Å². The van der Waals surface area contributed by atoms with E-state index in [2.05, 4.69) is 59.5 Å². The van der Waals surface area contributed by atoms with E-state index in [1.165, 1.54) is 12.7 Å². The van der Waals surface area contributed by atoms with Crippen molar-refractivity contribution in [3.63, 3.8) is 0 Å². The number of nitrogens with one attached hydrogen (secondary N) is 2. The van der Waals surface area contributed by atoms with E-state index in [1.54, 1.807) is 25.3 Å². The van der Waals surface area contributed by atoms with Crippen LogP contribution in [0.5, 0.6) is 0 Å². The zero-order valence-corrected chi connectivity index (χ0v) is 24.3. The Morgan fingerprint density at radius 3 is 2.50 bits per heavy atom. The highest BCUT2D eigenvalue weighted by Gasteiger charge is 2.41. The summed E-state index contributed by atoms with van der Waals surface area (Å²) in [6.07, 6.45) is 0.390. The van der Waals surface area contributed by atoms with E-state index in [0.29, 0.717) is 18.7 Å². The lowest BCUT2D eigenvalue weighted by atomic mass is 10.2. The molecular weight excluding hydrogens is 512 g/mol. The summed E-state index contributed by atoms with van der Waals surface area (Å²) in [5.41, 5.74) is -0.174. The number of rotatable bonds is 8. The summed E-state index contributed by atoms with van der Waals surface area (Å²) in [5.74, 6) is -0.638. The first kappa shape index (κ1) is 29.9. The molecule has 0 aliphatic carbocycles. The van der Waals surface area contributed by atoms with Gasteiger partial charge in [-0.25, -0.2) is 19.7 Å². The highest BCUT2D eigenvalue weighted by molar-refractivity contribution is 6.74. The molecule has 4 atom stereocenters. The Hall–Kier alpha value is -2.65. The summed E-state index contributed by atoms with van der Waals surface area (Å²) < 4.78 is 19.1. The molecule has 0 spiro atoms. The van der Waals surface area contributed by atoms with Crippen molar-refractivity contribution < 1.29 is 33.7 Å². The molecule has 2 aromatic heterocycles. The second-order valence-corrected chi connectivity index (χ2v) is 16.7. The number of amides is 2. The number of fused-ring (bicyclic) bond motifs is 1. The summed E-state index contributed by atoms with van der Waals surface area (Å²) in [6.45, 7) is 15.6. The molecule has 0 unspecified atom stereocenters. The molecule has 4 N–H and O–H groups in total. The summed E-state index contributed by atoms with van der Waals surface area (Å²) in [7, 11) is -1.98. The number of aliphatic hydroxyl groups is 2. The largest absolute Gasteiger partial charge is 0.444 e. The first-order chi connectivity index (χ1) is 17.5. The number of carbonyl (C=O) groups excluding carboxylic acids is 2. The molecule has 38 heavy (non-hydrogen) atoms. The standard InChI is InChI=1S/C24H40N6O7Si/c1-23(2,3)37-22(34)28-15(10-31)20(33)29-18-17-19(26-12-25-18)30(13-27-17)21-16(32)9-14(36-21)11-35-38(7,8)24(4,5)6/h12-16,21,31-32H,9-11H2,1-8H3,(H,28,34)(H,25,26,29,33)/t14-,15-,16+,21+/m0/s1. The van der Waals surface area contributed by atoms with Gasteiger partial charge >= 0.3 is 6.09 Å². The van der Waals surface area contributed by atoms with Gasteiger partial charge < -0.3 is 34.7 Å². The molecule has 13 nitrogen and oxygen atoms in total. The van der Waals surface area contributed by atoms with Crippen molar-refractivity contribution in [1.82, 2.24) is 24.8 Å². The molecule has 1 saturated heterocycles. The predicted octanol–water partition coefficient (Wildman–Crippen LogP) is 2.32. The second kappa shape index (κ2) is 11.2. The highest BCUT2D eigenvalue weighted by Crippen LogP contribution is 2.38. The summed E-state index contributed by atoms with van der Waals surface area (Å²) in [4.78, 5) is 37.5. The SMILES string of the molecule is CC(C)(C)OC(=O)N[C@@H](CO)C(=O)Nc1ncnc2c1ncn2[C@@H]1O[C@H](CO[Si](C)(C)C(C)(C)C)C[C@H]1O. The van der Waals surface area contributed by atoms with Crippen molar-refractivity contribution >= 4 is 37.3 Å². The molecule has 2 aromatic rings. The number of alkyl carbamates (subject to hydrolysis) is 1. The van der Waals surface area contributed by atoms with E-state index < -0.39 is 50.9 Å². The maximum atomic E-state index is 12.8. The third-order valence-corrected chi connectivity index (χ3v) is 11.2. The fourth-order valence-corrected chi connectivity index (χ4v) is 4.62. The highest BCUT2D eigenvalue weighted by atomic mass is 28.4. The van der Waals surface area contributed by atoms with Gasteiger partial charge in [-0.05, 0) is 38.9 Å². The molecule has 3 heterocycles. The number of anilines is 1. The van der Waals surface area contributed by atoms with Gasteiger partial charge in [-0.2, -0.15) is 0 Å². The van der Waals surface area contributed by atoms with Crippen LogP contribution >= 0.6 is 0 Å². The van der Waals surface area contributed by atoms with Crippen LogP contribution in [0.2, 0.25) is 18.1 Å². The maximum absolute atomic E-state index is 12.8. The van der Waals surface area contributed by atoms with Crippen LogP contribution < -0.4 is 10.6 Å². The van der Waals surface area contributed by atoms with Crippen LogP contribution in [0.1, 0.15) is 54.2 Å². The van der Waals surface area contributed by atoms with Gasteiger partial charge in [0.05, 0.1) is 25.6 Å². The third-order valence-electron chi connectivity index (χ3n) is 6.67. The van der Waals surface area contributed by atoms with Crippen LogP contribution in [-0.4, -0.2) is 87.1 Å². The first-order valence-electron chi connectivity index (χ1n) is 12.6. The van der Waals surface area contributed by atoms with Crippen molar-refractivity contribution in [1.29, 1.82) is 0 Å². The molecule has 0 saturated carbocycles. The lowest BCUT2D eigenvalue weighted by Crippen LogP contribution is -2.48. The maximum Gasteiger partial charge on any atom is 0.408 e. The van der Waals surface area contributed by atoms with Crippen LogP contribution in [-0.2, 0) is 18.7 Å². The van der Waals surface area contributed by atoms with Crippen LogP contribution in [0.25, 0.3) is 11.2 Å². The normalized spacial score (nSPS) is 21.4. The topological polar surface area (TPSA) is 170 Å². The summed E-state index contributed by atoms with van der Waals surface area (Å²) in [6, 6.07) is -1.28.